The Balaban J connectivity index is 1.24. The third kappa shape index (κ3) is 6.24. The lowest BCUT2D eigenvalue weighted by molar-refractivity contribution is 0.0977. The number of amides is 1. The van der Waals surface area contributed by atoms with Gasteiger partial charge in [-0.1, -0.05) is 64.8 Å². The first-order chi connectivity index (χ1) is 20.3. The highest BCUT2D eigenvalue weighted by molar-refractivity contribution is 7.99. The van der Waals surface area contributed by atoms with E-state index in [2.05, 4.69) is 22.0 Å². The van der Waals surface area contributed by atoms with Crippen LogP contribution in [0.4, 0.5) is 10.1 Å². The third-order valence-electron chi connectivity index (χ3n) is 8.00. The van der Waals surface area contributed by atoms with E-state index in [1.165, 1.54) is 17.7 Å². The van der Waals surface area contributed by atoms with Crippen molar-refractivity contribution >= 4 is 64.2 Å². The fourth-order valence-electron chi connectivity index (χ4n) is 5.78. The Bertz CT molecular complexity index is 1660. The number of pyridine rings is 1. The normalized spacial score (nSPS) is 16.3. The van der Waals surface area contributed by atoms with E-state index in [-0.39, 0.29) is 17.1 Å². The monoisotopic (exact) mass is 637 g/mol. The Morgan fingerprint density at radius 3 is 2.45 bits per heavy atom. The van der Waals surface area contributed by atoms with Crippen LogP contribution in [0.25, 0.3) is 6.08 Å². The molecule has 2 aliphatic heterocycles. The zero-order valence-electron chi connectivity index (χ0n) is 22.6. The molecule has 214 valence electrons. The second-order valence-corrected chi connectivity index (χ2v) is 13.0. The summed E-state index contributed by atoms with van der Waals surface area (Å²) in [5.41, 5.74) is 3.41. The van der Waals surface area contributed by atoms with Crippen molar-refractivity contribution in [2.75, 3.05) is 31.1 Å². The van der Waals surface area contributed by atoms with Gasteiger partial charge in [-0.15, -0.1) is 0 Å². The number of hydrogen-bond donors (Lipinski definition) is 0. The predicted molar refractivity (Wildman–Crippen MR) is 171 cm³/mol. The molecule has 1 saturated heterocycles. The van der Waals surface area contributed by atoms with Crippen molar-refractivity contribution < 1.29 is 9.18 Å². The van der Waals surface area contributed by atoms with E-state index in [0.29, 0.717) is 27.3 Å². The summed E-state index contributed by atoms with van der Waals surface area (Å²) in [6, 6.07) is 21.7. The number of fused-ring (bicyclic) bond motifs is 2. The summed E-state index contributed by atoms with van der Waals surface area (Å²) in [6.07, 6.45) is 7.57. The van der Waals surface area contributed by atoms with Crippen molar-refractivity contribution in [1.82, 2.24) is 9.88 Å². The maximum atomic E-state index is 13.7. The number of carbonyl (C=O) groups is 1. The molecule has 0 N–H and O–H groups in total. The van der Waals surface area contributed by atoms with Crippen LogP contribution in [0.15, 0.2) is 94.9 Å². The molecule has 3 aromatic carbocycles. The topological polar surface area (TPSA) is 36.4 Å². The molecule has 1 spiro atoms. The average molecular weight is 639 g/mol. The minimum absolute atomic E-state index is 0.0819. The van der Waals surface area contributed by atoms with Crippen LogP contribution in [-0.2, 0) is 5.41 Å². The molecule has 9 heteroatoms. The van der Waals surface area contributed by atoms with E-state index in [1.807, 2.05) is 35.2 Å². The molecule has 0 bridgehead atoms. The second kappa shape index (κ2) is 12.4. The zero-order valence-corrected chi connectivity index (χ0v) is 25.7. The Morgan fingerprint density at radius 1 is 0.952 bits per heavy atom. The van der Waals surface area contributed by atoms with Gasteiger partial charge in [0, 0.05) is 55.8 Å². The van der Waals surface area contributed by atoms with Gasteiger partial charge in [-0.2, -0.15) is 0 Å². The molecule has 4 nitrogen and oxygen atoms in total. The first kappa shape index (κ1) is 29.2. The standard InChI is InChI=1S/C33H27Cl3FN3OS/c34-24-4-3-22(29(35)19-24)2-1-15-39-16-12-33(13-17-39)21-40(32(41)23-11-14-38-31(36)18-23)30-10-9-27(20-28(30)33)42-26-7-5-25(37)6-8-26/h1-11,14,18-20H,12-13,15-17,21H2/b2-1+. The number of rotatable bonds is 6. The van der Waals surface area contributed by atoms with Crippen molar-refractivity contribution in [1.29, 1.82) is 0 Å². The summed E-state index contributed by atoms with van der Waals surface area (Å²) >= 11 is 20.1. The molecule has 0 saturated carbocycles. The summed E-state index contributed by atoms with van der Waals surface area (Å²) < 4.78 is 13.5. The van der Waals surface area contributed by atoms with Gasteiger partial charge in [-0.25, -0.2) is 9.37 Å². The van der Waals surface area contributed by atoms with E-state index in [9.17, 15) is 9.18 Å². The van der Waals surface area contributed by atoms with Gasteiger partial charge in [0.1, 0.15) is 11.0 Å². The summed E-state index contributed by atoms with van der Waals surface area (Å²) in [6.45, 7) is 3.21. The Labute approximate surface area is 264 Å². The third-order valence-corrected chi connectivity index (χ3v) is 9.76. The Hall–Kier alpha value is -2.87. The van der Waals surface area contributed by atoms with Gasteiger partial charge in [0.2, 0.25) is 0 Å². The molecular weight excluding hydrogens is 612 g/mol. The summed E-state index contributed by atoms with van der Waals surface area (Å²) in [5.74, 6) is -0.336. The molecule has 1 fully saturated rings. The van der Waals surface area contributed by atoms with E-state index in [1.54, 1.807) is 48.3 Å². The maximum absolute atomic E-state index is 13.7. The minimum atomic E-state index is -0.254. The molecule has 42 heavy (non-hydrogen) atoms. The summed E-state index contributed by atoms with van der Waals surface area (Å²) in [5, 5.41) is 1.55. The van der Waals surface area contributed by atoms with Crippen LogP contribution in [0.2, 0.25) is 15.2 Å². The maximum Gasteiger partial charge on any atom is 0.258 e. The Morgan fingerprint density at radius 2 is 1.71 bits per heavy atom. The fraction of sp³-hybridized carbons (Fsp3) is 0.212. The number of benzene rings is 3. The SMILES string of the molecule is O=C(c1ccnc(Cl)c1)N1CC2(CCN(C/C=C/c3ccc(Cl)cc3Cl)CC2)c2cc(Sc3ccc(F)cc3)ccc21. The van der Waals surface area contributed by atoms with Crippen molar-refractivity contribution in [3.63, 3.8) is 0 Å². The highest BCUT2D eigenvalue weighted by atomic mass is 35.5. The molecule has 2 aliphatic rings. The summed E-state index contributed by atoms with van der Waals surface area (Å²) in [7, 11) is 0. The number of likely N-dealkylation sites (tertiary alicyclic amines) is 1. The van der Waals surface area contributed by atoms with E-state index in [4.69, 9.17) is 34.8 Å². The van der Waals surface area contributed by atoms with Gasteiger partial charge in [0.25, 0.3) is 5.91 Å². The van der Waals surface area contributed by atoms with Crippen LogP contribution in [0.3, 0.4) is 0 Å². The first-order valence-electron chi connectivity index (χ1n) is 13.6. The van der Waals surface area contributed by atoms with Crippen LogP contribution < -0.4 is 4.90 Å². The highest BCUT2D eigenvalue weighted by Crippen LogP contribution is 2.49. The number of piperidine rings is 1. The number of carbonyl (C=O) groups excluding carboxylic acids is 1. The Kier molecular flexibility index (Phi) is 8.62. The lowest BCUT2D eigenvalue weighted by Gasteiger charge is -2.39. The quantitative estimate of drug-likeness (QED) is 0.198. The van der Waals surface area contributed by atoms with Crippen molar-refractivity contribution in [2.24, 2.45) is 0 Å². The van der Waals surface area contributed by atoms with Gasteiger partial charge >= 0.3 is 0 Å². The van der Waals surface area contributed by atoms with E-state index in [0.717, 1.165) is 53.5 Å². The summed E-state index contributed by atoms with van der Waals surface area (Å²) in [4.78, 5) is 24.1. The molecule has 1 aromatic heterocycles. The molecule has 0 aliphatic carbocycles. The number of hydrogen-bond acceptors (Lipinski definition) is 4. The largest absolute Gasteiger partial charge is 0.307 e. The molecule has 6 rings (SSSR count). The average Bonchev–Trinajstić information content (AvgIpc) is 3.29. The van der Waals surface area contributed by atoms with Crippen molar-refractivity contribution in [2.45, 2.75) is 28.0 Å². The molecular formula is C33H27Cl3FN3OS. The predicted octanol–water partition coefficient (Wildman–Crippen LogP) is 9.04. The van der Waals surface area contributed by atoms with Gasteiger partial charge in [-0.05, 0) is 104 Å². The molecule has 0 unspecified atom stereocenters. The lowest BCUT2D eigenvalue weighted by Crippen LogP contribution is -2.46. The van der Waals surface area contributed by atoms with Crippen LogP contribution in [0.5, 0.6) is 0 Å². The van der Waals surface area contributed by atoms with Crippen LogP contribution in [0.1, 0.15) is 34.3 Å². The smallest absolute Gasteiger partial charge is 0.258 e. The number of aromatic nitrogens is 1. The van der Waals surface area contributed by atoms with Gasteiger partial charge in [0.15, 0.2) is 0 Å². The van der Waals surface area contributed by atoms with Crippen LogP contribution in [0, 0.1) is 5.82 Å². The minimum Gasteiger partial charge on any atom is -0.307 e. The van der Waals surface area contributed by atoms with E-state index < -0.39 is 0 Å². The molecule has 3 heterocycles. The molecule has 4 aromatic rings. The van der Waals surface area contributed by atoms with Gasteiger partial charge in [0.05, 0.1) is 0 Å². The second-order valence-electron chi connectivity index (χ2n) is 10.6. The highest BCUT2D eigenvalue weighted by Gasteiger charge is 2.46. The van der Waals surface area contributed by atoms with Gasteiger partial charge in [-0.3, -0.25) is 9.69 Å². The van der Waals surface area contributed by atoms with Gasteiger partial charge < -0.3 is 4.90 Å². The van der Waals surface area contributed by atoms with Crippen LogP contribution in [-0.4, -0.2) is 42.0 Å². The fourth-order valence-corrected chi connectivity index (χ4v) is 7.28. The first-order valence-corrected chi connectivity index (χ1v) is 15.6. The number of halogens is 4. The zero-order chi connectivity index (χ0) is 29.3. The van der Waals surface area contributed by atoms with Crippen LogP contribution >= 0.6 is 46.6 Å². The van der Waals surface area contributed by atoms with E-state index >= 15 is 0 Å². The number of anilines is 1. The lowest BCUT2D eigenvalue weighted by atomic mass is 9.74. The molecule has 0 atom stereocenters. The molecule has 0 radical (unpaired) electrons. The van der Waals surface area contributed by atoms with Crippen molar-refractivity contribution in [3.8, 4) is 0 Å². The molecule has 1 amide bonds. The number of nitrogens with zero attached hydrogens (tertiary/aromatic N) is 3. The van der Waals surface area contributed by atoms with Crippen molar-refractivity contribution in [3.05, 3.63) is 123 Å².